The monoisotopic (exact) mass is 531 g/mol. The number of carbonyl (C=O) groups excluding carboxylic acids is 1. The first-order valence-corrected chi connectivity index (χ1v) is 10.6. The van der Waals surface area contributed by atoms with Crippen LogP contribution in [0.3, 0.4) is 0 Å². The normalized spacial score (nSPS) is 11.3. The molecule has 29 heavy (non-hydrogen) atoms. The van der Waals surface area contributed by atoms with E-state index in [1.165, 1.54) is 12.5 Å². The van der Waals surface area contributed by atoms with Crippen LogP contribution in [-0.4, -0.2) is 51.7 Å². The van der Waals surface area contributed by atoms with Crippen LogP contribution in [0.4, 0.5) is 0 Å². The number of guanidine groups is 1. The minimum atomic E-state index is -3.22. The Morgan fingerprint density at radius 1 is 1.14 bits per heavy atom. The molecule has 0 aliphatic rings. The van der Waals surface area contributed by atoms with Gasteiger partial charge in [-0.25, -0.2) is 8.42 Å². The fourth-order valence-corrected chi connectivity index (χ4v) is 3.56. The second kappa shape index (κ2) is 11.7. The number of rotatable bonds is 7. The second-order valence-corrected chi connectivity index (χ2v) is 8.21. The molecule has 0 fully saturated rings. The molecule has 10 heteroatoms. The van der Waals surface area contributed by atoms with Gasteiger partial charge in [-0.2, -0.15) is 0 Å². The lowest BCUT2D eigenvalue weighted by Crippen LogP contribution is -2.41. The Morgan fingerprint density at radius 3 is 2.45 bits per heavy atom. The van der Waals surface area contributed by atoms with E-state index in [2.05, 4.69) is 25.9 Å². The number of hydrogen-bond acceptors (Lipinski definition) is 5. The molecule has 0 aliphatic heterocycles. The van der Waals surface area contributed by atoms with Gasteiger partial charge in [0.05, 0.1) is 10.5 Å². The van der Waals surface area contributed by atoms with Gasteiger partial charge in [0, 0.05) is 45.3 Å². The van der Waals surface area contributed by atoms with Crippen molar-refractivity contribution in [3.05, 3.63) is 59.4 Å². The largest absolute Gasteiger partial charge is 0.355 e. The summed E-state index contributed by atoms with van der Waals surface area (Å²) in [5.41, 5.74) is 2.17. The van der Waals surface area contributed by atoms with Gasteiger partial charge < -0.3 is 16.0 Å². The van der Waals surface area contributed by atoms with Crippen molar-refractivity contribution in [2.45, 2.75) is 18.4 Å². The van der Waals surface area contributed by atoms with Crippen molar-refractivity contribution in [3.8, 4) is 0 Å². The second-order valence-electron chi connectivity index (χ2n) is 6.22. The van der Waals surface area contributed by atoms with Gasteiger partial charge in [0.25, 0.3) is 5.91 Å². The van der Waals surface area contributed by atoms with Crippen LogP contribution in [0.5, 0.6) is 0 Å². The number of nitrogens with one attached hydrogen (secondary N) is 3. The van der Waals surface area contributed by atoms with Crippen LogP contribution in [0.25, 0.3) is 0 Å². The Hall–Kier alpha value is -2.21. The smallest absolute Gasteiger partial charge is 0.252 e. The van der Waals surface area contributed by atoms with E-state index in [1.54, 1.807) is 44.4 Å². The molecule has 2 rings (SSSR count). The molecule has 2 aromatic rings. The minimum Gasteiger partial charge on any atom is -0.355 e. The fourth-order valence-electron chi connectivity index (χ4n) is 2.60. The van der Waals surface area contributed by atoms with Crippen molar-refractivity contribution < 1.29 is 13.2 Å². The summed E-state index contributed by atoms with van der Waals surface area (Å²) >= 11 is 0. The van der Waals surface area contributed by atoms with Crippen molar-refractivity contribution in [1.29, 1.82) is 0 Å². The average molecular weight is 531 g/mol. The molecule has 8 nitrogen and oxygen atoms in total. The third-order valence-electron chi connectivity index (χ3n) is 3.95. The number of hydrogen-bond donors (Lipinski definition) is 3. The molecule has 1 aromatic carbocycles. The molecule has 0 saturated carbocycles. The van der Waals surface area contributed by atoms with Crippen LogP contribution in [-0.2, 0) is 16.4 Å². The highest BCUT2D eigenvalue weighted by Gasteiger charge is 2.11. The van der Waals surface area contributed by atoms with Gasteiger partial charge in [0.1, 0.15) is 0 Å². The van der Waals surface area contributed by atoms with Gasteiger partial charge in [-0.15, -0.1) is 24.0 Å². The Kier molecular flexibility index (Phi) is 10.0. The molecule has 0 aliphatic carbocycles. The van der Waals surface area contributed by atoms with Crippen LogP contribution >= 0.6 is 24.0 Å². The zero-order valence-electron chi connectivity index (χ0n) is 16.6. The molecular weight excluding hydrogens is 505 g/mol. The first-order chi connectivity index (χ1) is 13.3. The lowest BCUT2D eigenvalue weighted by Gasteiger charge is -2.13. The number of halogens is 1. The molecule has 0 saturated heterocycles. The van der Waals surface area contributed by atoms with Gasteiger partial charge in [-0.3, -0.25) is 14.8 Å². The molecule has 1 heterocycles. The predicted octanol–water partition coefficient (Wildman–Crippen LogP) is 1.51. The minimum absolute atomic E-state index is 0. The number of amides is 1. The molecule has 0 unspecified atom stereocenters. The summed E-state index contributed by atoms with van der Waals surface area (Å²) in [4.78, 5) is 20.3. The number of aromatic nitrogens is 1. The van der Waals surface area contributed by atoms with Crippen molar-refractivity contribution >= 4 is 45.7 Å². The van der Waals surface area contributed by atoms with Gasteiger partial charge >= 0.3 is 0 Å². The van der Waals surface area contributed by atoms with Gasteiger partial charge in [-0.1, -0.05) is 12.1 Å². The van der Waals surface area contributed by atoms with Crippen LogP contribution in [0.2, 0.25) is 0 Å². The summed E-state index contributed by atoms with van der Waals surface area (Å²) in [7, 11) is -1.57. The highest BCUT2D eigenvalue weighted by Crippen LogP contribution is 2.16. The number of carbonyl (C=O) groups is 1. The first-order valence-electron chi connectivity index (χ1n) is 8.73. The van der Waals surface area contributed by atoms with E-state index >= 15 is 0 Å². The summed E-state index contributed by atoms with van der Waals surface area (Å²) in [6.07, 6.45) is 4.33. The SMILES string of the molecule is CN=C(NCCNC(=O)c1cccnc1)NCc1ccc(S(C)(=O)=O)c(C)c1.I. The van der Waals surface area contributed by atoms with Crippen molar-refractivity contribution in [1.82, 2.24) is 20.9 Å². The summed E-state index contributed by atoms with van der Waals surface area (Å²) in [5, 5.41) is 9.07. The quantitative estimate of drug-likeness (QED) is 0.216. The van der Waals surface area contributed by atoms with E-state index in [-0.39, 0.29) is 29.9 Å². The summed E-state index contributed by atoms with van der Waals surface area (Å²) < 4.78 is 23.4. The Morgan fingerprint density at radius 2 is 1.86 bits per heavy atom. The molecule has 158 valence electrons. The third kappa shape index (κ3) is 7.97. The number of aliphatic imine (C=N–C) groups is 1. The zero-order valence-corrected chi connectivity index (χ0v) is 19.7. The first kappa shape index (κ1) is 24.8. The molecule has 1 amide bonds. The van der Waals surface area contributed by atoms with Gasteiger partial charge in [0.15, 0.2) is 15.8 Å². The molecular formula is C19H26IN5O3S. The number of nitrogens with zero attached hydrogens (tertiary/aromatic N) is 2. The maximum atomic E-state index is 11.9. The summed E-state index contributed by atoms with van der Waals surface area (Å²) in [6, 6.07) is 8.64. The number of benzene rings is 1. The standard InChI is InChI=1S/C19H25N5O3S.HI/c1-14-11-15(6-7-17(14)28(3,26)27)12-24-19(20-2)23-10-9-22-18(25)16-5-4-8-21-13-16;/h4-8,11,13H,9-10,12H2,1-3H3,(H,22,25)(H2,20,23,24);1H. The number of aryl methyl sites for hydroxylation is 1. The molecule has 0 atom stereocenters. The summed E-state index contributed by atoms with van der Waals surface area (Å²) in [6.45, 7) is 3.19. The van der Waals surface area contributed by atoms with E-state index in [4.69, 9.17) is 0 Å². The maximum absolute atomic E-state index is 11.9. The van der Waals surface area contributed by atoms with Gasteiger partial charge in [-0.05, 0) is 36.2 Å². The Balaban J connectivity index is 0.00000420. The summed E-state index contributed by atoms with van der Waals surface area (Å²) in [5.74, 6) is 0.403. The van der Waals surface area contributed by atoms with Crippen LogP contribution in [0, 0.1) is 6.92 Å². The molecule has 1 aromatic heterocycles. The highest BCUT2D eigenvalue weighted by atomic mass is 127. The Bertz CT molecular complexity index is 950. The Labute approximate surface area is 188 Å². The molecule has 0 bridgehead atoms. The van der Waals surface area contributed by atoms with Crippen molar-refractivity contribution in [2.75, 3.05) is 26.4 Å². The highest BCUT2D eigenvalue weighted by molar-refractivity contribution is 14.0. The number of sulfone groups is 1. The van der Waals surface area contributed by atoms with Crippen LogP contribution < -0.4 is 16.0 Å². The van der Waals surface area contributed by atoms with E-state index in [9.17, 15) is 13.2 Å². The van der Waals surface area contributed by atoms with E-state index in [0.717, 1.165) is 5.56 Å². The van der Waals surface area contributed by atoms with Crippen LogP contribution in [0.1, 0.15) is 21.5 Å². The zero-order chi connectivity index (χ0) is 20.6. The van der Waals surface area contributed by atoms with Crippen molar-refractivity contribution in [2.24, 2.45) is 4.99 Å². The van der Waals surface area contributed by atoms with Crippen LogP contribution in [0.15, 0.2) is 52.6 Å². The third-order valence-corrected chi connectivity index (χ3v) is 5.21. The lowest BCUT2D eigenvalue weighted by atomic mass is 10.1. The van der Waals surface area contributed by atoms with Gasteiger partial charge in [0.2, 0.25) is 0 Å². The van der Waals surface area contributed by atoms with E-state index < -0.39 is 9.84 Å². The fraction of sp³-hybridized carbons (Fsp3) is 0.316. The average Bonchev–Trinajstić information content (AvgIpc) is 2.67. The predicted molar refractivity (Wildman–Crippen MR) is 124 cm³/mol. The topological polar surface area (TPSA) is 113 Å². The number of pyridine rings is 1. The maximum Gasteiger partial charge on any atom is 0.252 e. The molecule has 3 N–H and O–H groups in total. The molecule has 0 spiro atoms. The molecule has 0 radical (unpaired) electrons. The van der Waals surface area contributed by atoms with E-state index in [1.807, 2.05) is 6.07 Å². The van der Waals surface area contributed by atoms with Crippen molar-refractivity contribution in [3.63, 3.8) is 0 Å². The lowest BCUT2D eigenvalue weighted by molar-refractivity contribution is 0.0954. The van der Waals surface area contributed by atoms with E-state index in [0.29, 0.717) is 41.6 Å².